The zero-order valence-electron chi connectivity index (χ0n) is 13.8. The predicted octanol–water partition coefficient (Wildman–Crippen LogP) is 0.451. The Labute approximate surface area is 145 Å². The third kappa shape index (κ3) is 2.97. The Bertz CT molecular complexity index is 708. The van der Waals surface area contributed by atoms with E-state index in [1.54, 1.807) is 0 Å². The van der Waals surface area contributed by atoms with Crippen molar-refractivity contribution in [1.82, 2.24) is 5.32 Å². The molecule has 8 nitrogen and oxygen atoms in total. The maximum atomic E-state index is 12.0. The first-order valence-electron chi connectivity index (χ1n) is 8.54. The minimum absolute atomic E-state index is 0.133. The molecule has 3 aliphatic heterocycles. The van der Waals surface area contributed by atoms with Gasteiger partial charge < -0.3 is 24.8 Å². The van der Waals surface area contributed by atoms with E-state index >= 15 is 0 Å². The molecule has 8 heteroatoms. The highest BCUT2D eigenvalue weighted by atomic mass is 16.7. The zero-order chi connectivity index (χ0) is 17.4. The summed E-state index contributed by atoms with van der Waals surface area (Å²) < 4.78 is 11.3. The molecule has 3 aliphatic rings. The van der Waals surface area contributed by atoms with Crippen molar-refractivity contribution >= 4 is 23.2 Å². The molecule has 0 bridgehead atoms. The van der Waals surface area contributed by atoms with E-state index in [0.717, 1.165) is 25.2 Å². The second-order valence-electron chi connectivity index (χ2n) is 6.63. The van der Waals surface area contributed by atoms with Crippen molar-refractivity contribution in [1.29, 1.82) is 0 Å². The smallest absolute Gasteiger partial charge is 0.249 e. The number of imide groups is 1. The monoisotopic (exact) mass is 347 g/mol. The third-order valence-electron chi connectivity index (χ3n) is 4.95. The Morgan fingerprint density at radius 3 is 2.84 bits per heavy atom. The molecule has 1 aromatic rings. The van der Waals surface area contributed by atoms with Crippen molar-refractivity contribution in [3.8, 4) is 11.5 Å². The van der Waals surface area contributed by atoms with Crippen molar-refractivity contribution in [3.63, 3.8) is 0 Å². The molecule has 2 saturated heterocycles. The van der Waals surface area contributed by atoms with E-state index in [0.29, 0.717) is 30.0 Å². The lowest BCUT2D eigenvalue weighted by atomic mass is 10.1. The summed E-state index contributed by atoms with van der Waals surface area (Å²) in [7, 11) is 0. The molecule has 2 unspecified atom stereocenters. The number of carbonyl (C=O) groups excluding carboxylic acids is 2. The minimum atomic E-state index is -0.470. The summed E-state index contributed by atoms with van der Waals surface area (Å²) in [5.74, 6) is 0.971. The van der Waals surface area contributed by atoms with Gasteiger partial charge in [-0.25, -0.2) is 0 Å². The number of aliphatic hydroxyl groups is 1. The molecule has 2 atom stereocenters. The summed E-state index contributed by atoms with van der Waals surface area (Å²) in [6, 6.07) is 3.35. The number of hydrogen-bond donors (Lipinski definition) is 3. The van der Waals surface area contributed by atoms with Gasteiger partial charge in [-0.15, -0.1) is 0 Å². The zero-order valence-corrected chi connectivity index (χ0v) is 13.8. The number of fused-ring (bicyclic) bond motifs is 1. The van der Waals surface area contributed by atoms with E-state index in [-0.39, 0.29) is 31.1 Å². The standard InChI is InChI=1S/C17H21N3O5/c21-8-10-5-6-20(7-10)13-3-1-11(15-16(13)25-9-24-15)18-12-2-4-14(22)19-17(12)23/h1,3,10,12,18,21H,2,4-9H2,(H,19,22,23). The molecule has 134 valence electrons. The fraction of sp³-hybridized carbons (Fsp3) is 0.529. The van der Waals surface area contributed by atoms with Crippen LogP contribution in [0.2, 0.25) is 0 Å². The van der Waals surface area contributed by atoms with Crippen LogP contribution in [0.1, 0.15) is 19.3 Å². The highest BCUT2D eigenvalue weighted by Crippen LogP contribution is 2.47. The Morgan fingerprint density at radius 2 is 2.08 bits per heavy atom. The average molecular weight is 347 g/mol. The van der Waals surface area contributed by atoms with Crippen LogP contribution in [-0.4, -0.2) is 49.5 Å². The van der Waals surface area contributed by atoms with Crippen LogP contribution in [-0.2, 0) is 9.59 Å². The van der Waals surface area contributed by atoms with E-state index in [1.165, 1.54) is 0 Å². The first-order chi connectivity index (χ1) is 12.2. The number of benzene rings is 1. The number of nitrogens with zero attached hydrogens (tertiary/aromatic N) is 1. The van der Waals surface area contributed by atoms with Crippen LogP contribution in [0.25, 0.3) is 0 Å². The molecule has 0 spiro atoms. The molecule has 0 radical (unpaired) electrons. The largest absolute Gasteiger partial charge is 0.451 e. The van der Waals surface area contributed by atoms with Gasteiger partial charge >= 0.3 is 0 Å². The van der Waals surface area contributed by atoms with Gasteiger partial charge in [-0.3, -0.25) is 14.9 Å². The number of nitrogens with one attached hydrogen (secondary N) is 2. The van der Waals surface area contributed by atoms with E-state index in [1.807, 2.05) is 12.1 Å². The molecule has 0 aromatic heterocycles. The SMILES string of the molecule is O=C1CCC(Nc2ccc(N3CCC(CO)C3)c3c2OCO3)C(=O)N1. The van der Waals surface area contributed by atoms with Gasteiger partial charge in [0, 0.05) is 32.0 Å². The molecule has 2 fully saturated rings. The molecule has 25 heavy (non-hydrogen) atoms. The first kappa shape index (κ1) is 16.0. The van der Waals surface area contributed by atoms with Gasteiger partial charge in [0.2, 0.25) is 18.6 Å². The summed E-state index contributed by atoms with van der Waals surface area (Å²) in [6.07, 6.45) is 1.71. The van der Waals surface area contributed by atoms with Crippen molar-refractivity contribution in [2.45, 2.75) is 25.3 Å². The van der Waals surface area contributed by atoms with Gasteiger partial charge in [0.1, 0.15) is 6.04 Å². The van der Waals surface area contributed by atoms with Crippen LogP contribution >= 0.6 is 0 Å². The highest BCUT2D eigenvalue weighted by Gasteiger charge is 2.32. The molecule has 3 heterocycles. The topological polar surface area (TPSA) is 100 Å². The summed E-state index contributed by atoms with van der Waals surface area (Å²) in [5.41, 5.74) is 1.63. The molecular formula is C17H21N3O5. The lowest BCUT2D eigenvalue weighted by Crippen LogP contribution is -2.47. The van der Waals surface area contributed by atoms with Crippen LogP contribution in [0.4, 0.5) is 11.4 Å². The number of aliphatic hydroxyl groups excluding tert-OH is 1. The van der Waals surface area contributed by atoms with Crippen LogP contribution in [0.15, 0.2) is 12.1 Å². The highest BCUT2D eigenvalue weighted by molar-refractivity contribution is 6.01. The second-order valence-corrected chi connectivity index (χ2v) is 6.63. The molecule has 0 aliphatic carbocycles. The number of piperidine rings is 1. The van der Waals surface area contributed by atoms with Gasteiger partial charge in [-0.1, -0.05) is 0 Å². The Balaban J connectivity index is 1.56. The maximum absolute atomic E-state index is 12.0. The fourth-order valence-electron chi connectivity index (χ4n) is 3.56. The Hall–Kier alpha value is -2.48. The van der Waals surface area contributed by atoms with E-state index < -0.39 is 6.04 Å². The lowest BCUT2D eigenvalue weighted by Gasteiger charge is -2.25. The number of carbonyl (C=O) groups is 2. The molecule has 4 rings (SSSR count). The first-order valence-corrected chi connectivity index (χ1v) is 8.54. The Kier molecular flexibility index (Phi) is 4.12. The van der Waals surface area contributed by atoms with E-state index in [4.69, 9.17) is 9.47 Å². The van der Waals surface area contributed by atoms with Crippen LogP contribution in [0.3, 0.4) is 0 Å². The number of ether oxygens (including phenoxy) is 2. The summed E-state index contributed by atoms with van der Waals surface area (Å²) >= 11 is 0. The molecular weight excluding hydrogens is 326 g/mol. The van der Waals surface area contributed by atoms with Crippen LogP contribution < -0.4 is 25.0 Å². The van der Waals surface area contributed by atoms with Gasteiger partial charge in [0.15, 0.2) is 11.5 Å². The molecule has 0 saturated carbocycles. The fourth-order valence-corrected chi connectivity index (χ4v) is 3.56. The predicted molar refractivity (Wildman–Crippen MR) is 89.8 cm³/mol. The van der Waals surface area contributed by atoms with E-state index in [9.17, 15) is 14.7 Å². The van der Waals surface area contributed by atoms with Crippen molar-refractivity contribution in [2.24, 2.45) is 5.92 Å². The van der Waals surface area contributed by atoms with Gasteiger partial charge in [-0.2, -0.15) is 0 Å². The number of hydrogen-bond acceptors (Lipinski definition) is 7. The normalized spacial score (nSPS) is 25.2. The number of anilines is 2. The van der Waals surface area contributed by atoms with Crippen molar-refractivity contribution in [2.75, 3.05) is 36.7 Å². The molecule has 1 aromatic carbocycles. The molecule has 3 N–H and O–H groups in total. The maximum Gasteiger partial charge on any atom is 0.249 e. The van der Waals surface area contributed by atoms with E-state index in [2.05, 4.69) is 15.5 Å². The lowest BCUT2D eigenvalue weighted by molar-refractivity contribution is -0.133. The quantitative estimate of drug-likeness (QED) is 0.680. The van der Waals surface area contributed by atoms with Gasteiger partial charge in [0.05, 0.1) is 11.4 Å². The Morgan fingerprint density at radius 1 is 1.24 bits per heavy atom. The second kappa shape index (κ2) is 6.44. The van der Waals surface area contributed by atoms with Crippen LogP contribution in [0.5, 0.6) is 11.5 Å². The average Bonchev–Trinajstić information content (AvgIpc) is 3.26. The van der Waals surface area contributed by atoms with Crippen LogP contribution in [0, 0.1) is 5.92 Å². The number of amides is 2. The molecule has 2 amide bonds. The van der Waals surface area contributed by atoms with Gasteiger partial charge in [0.25, 0.3) is 0 Å². The summed E-state index contributed by atoms with van der Waals surface area (Å²) in [6.45, 7) is 1.96. The minimum Gasteiger partial charge on any atom is -0.451 e. The van der Waals surface area contributed by atoms with Crippen molar-refractivity contribution < 1.29 is 24.2 Å². The van der Waals surface area contributed by atoms with Crippen molar-refractivity contribution in [3.05, 3.63) is 12.1 Å². The third-order valence-corrected chi connectivity index (χ3v) is 4.95. The number of rotatable bonds is 4. The van der Waals surface area contributed by atoms with Gasteiger partial charge in [-0.05, 0) is 25.0 Å². The summed E-state index contributed by atoms with van der Waals surface area (Å²) in [5, 5.41) is 14.8. The summed E-state index contributed by atoms with van der Waals surface area (Å²) in [4.78, 5) is 25.4.